The average Bonchev–Trinajstić information content (AvgIpc) is 3.62. The highest BCUT2D eigenvalue weighted by molar-refractivity contribution is 5.93. The molecule has 0 spiro atoms. The molecule has 9 heteroatoms. The van der Waals surface area contributed by atoms with Crippen molar-refractivity contribution < 1.29 is 14.7 Å². The number of aryl methyl sites for hydroxylation is 2. The molecule has 0 unspecified atom stereocenters. The summed E-state index contributed by atoms with van der Waals surface area (Å²) in [6, 6.07) is 1.82. The number of carboxylic acids is 1. The standard InChI is InChI=1S/C27H38N6O3/c1-16(2)9-10-28-24-23(19-7-8-19)31-20(14-29-24)25(34)33-12-11-32(15-27(33,5)6)21-13-17(3)22(26(35)36)18(4)30-21/h13-14,16,19H,7-12,15H2,1-6H3,(H,28,29)(H,35,36). The molecule has 4 rings (SSSR count). The minimum Gasteiger partial charge on any atom is -0.478 e. The summed E-state index contributed by atoms with van der Waals surface area (Å²) in [7, 11) is 0. The predicted molar refractivity (Wildman–Crippen MR) is 140 cm³/mol. The van der Waals surface area contributed by atoms with E-state index in [4.69, 9.17) is 4.98 Å². The Morgan fingerprint density at radius 2 is 1.92 bits per heavy atom. The summed E-state index contributed by atoms with van der Waals surface area (Å²) in [5.41, 5.74) is 2.27. The Hall–Kier alpha value is -3.23. The van der Waals surface area contributed by atoms with Gasteiger partial charge in [0.1, 0.15) is 17.3 Å². The summed E-state index contributed by atoms with van der Waals surface area (Å²) >= 11 is 0. The van der Waals surface area contributed by atoms with Crippen LogP contribution in [0.1, 0.15) is 90.7 Å². The van der Waals surface area contributed by atoms with Gasteiger partial charge in [0.05, 0.1) is 28.7 Å². The number of carbonyl (C=O) groups excluding carboxylic acids is 1. The number of carbonyl (C=O) groups is 2. The van der Waals surface area contributed by atoms with Gasteiger partial charge in [0, 0.05) is 32.1 Å². The maximum Gasteiger partial charge on any atom is 0.337 e. The van der Waals surface area contributed by atoms with Crippen LogP contribution in [0.2, 0.25) is 0 Å². The first-order chi connectivity index (χ1) is 17.0. The molecule has 2 N–H and O–H groups in total. The van der Waals surface area contributed by atoms with Crippen LogP contribution in [0.4, 0.5) is 11.6 Å². The molecule has 2 aromatic heterocycles. The van der Waals surface area contributed by atoms with Crippen molar-refractivity contribution >= 4 is 23.5 Å². The van der Waals surface area contributed by atoms with Gasteiger partial charge in [-0.15, -0.1) is 0 Å². The molecule has 0 atom stereocenters. The fraction of sp³-hybridized carbons (Fsp3) is 0.593. The predicted octanol–water partition coefficient (Wildman–Crippen LogP) is 4.26. The number of carboxylic acid groups (broad SMARTS) is 1. The van der Waals surface area contributed by atoms with Gasteiger partial charge in [0.2, 0.25) is 0 Å². The normalized spacial score (nSPS) is 17.4. The van der Waals surface area contributed by atoms with E-state index in [1.54, 1.807) is 20.0 Å². The first-order valence-corrected chi connectivity index (χ1v) is 12.9. The number of rotatable bonds is 8. The fourth-order valence-corrected chi connectivity index (χ4v) is 4.93. The quantitative estimate of drug-likeness (QED) is 0.560. The number of aromatic carboxylic acids is 1. The molecule has 2 aromatic rings. The van der Waals surface area contributed by atoms with Crippen molar-refractivity contribution in [1.29, 1.82) is 0 Å². The monoisotopic (exact) mass is 494 g/mol. The zero-order valence-electron chi connectivity index (χ0n) is 22.3. The lowest BCUT2D eigenvalue weighted by atomic mass is 9.97. The molecule has 1 saturated carbocycles. The lowest BCUT2D eigenvalue weighted by molar-refractivity contribution is 0.0506. The van der Waals surface area contributed by atoms with E-state index >= 15 is 0 Å². The Labute approximate surface area is 213 Å². The van der Waals surface area contributed by atoms with Gasteiger partial charge < -0.3 is 20.2 Å². The van der Waals surface area contributed by atoms with Crippen molar-refractivity contribution in [3.63, 3.8) is 0 Å². The second-order valence-corrected chi connectivity index (χ2v) is 11.1. The molecule has 0 radical (unpaired) electrons. The summed E-state index contributed by atoms with van der Waals surface area (Å²) in [6.07, 6.45) is 4.83. The van der Waals surface area contributed by atoms with Crippen LogP contribution in [0.15, 0.2) is 12.3 Å². The van der Waals surface area contributed by atoms with Crippen molar-refractivity contribution in [2.45, 2.75) is 72.3 Å². The maximum atomic E-state index is 13.6. The van der Waals surface area contributed by atoms with E-state index in [0.717, 1.165) is 43.1 Å². The number of nitrogens with one attached hydrogen (secondary N) is 1. The first kappa shape index (κ1) is 25.9. The Morgan fingerprint density at radius 1 is 1.19 bits per heavy atom. The number of aromatic nitrogens is 3. The van der Waals surface area contributed by atoms with Crippen molar-refractivity contribution in [2.75, 3.05) is 36.4 Å². The summed E-state index contributed by atoms with van der Waals surface area (Å²) in [6.45, 7) is 14.5. The maximum absolute atomic E-state index is 13.6. The number of amides is 1. The van der Waals surface area contributed by atoms with Gasteiger partial charge >= 0.3 is 5.97 Å². The van der Waals surface area contributed by atoms with E-state index in [1.807, 2.05) is 24.8 Å². The third-order valence-corrected chi connectivity index (χ3v) is 7.07. The molecule has 0 bridgehead atoms. The number of hydrogen-bond donors (Lipinski definition) is 2. The molecule has 1 amide bonds. The highest BCUT2D eigenvalue weighted by atomic mass is 16.4. The number of nitrogens with zero attached hydrogens (tertiary/aromatic N) is 5. The number of anilines is 2. The highest BCUT2D eigenvalue weighted by Crippen LogP contribution is 2.42. The van der Waals surface area contributed by atoms with Gasteiger partial charge in [-0.1, -0.05) is 13.8 Å². The van der Waals surface area contributed by atoms with Crippen LogP contribution in [0.3, 0.4) is 0 Å². The van der Waals surface area contributed by atoms with Gasteiger partial charge in [0.25, 0.3) is 5.91 Å². The summed E-state index contributed by atoms with van der Waals surface area (Å²) in [5, 5.41) is 12.9. The van der Waals surface area contributed by atoms with Gasteiger partial charge in [-0.05, 0) is 64.5 Å². The largest absolute Gasteiger partial charge is 0.478 e. The summed E-state index contributed by atoms with van der Waals surface area (Å²) in [5.74, 6) is 1.46. The Bertz CT molecular complexity index is 1140. The second kappa shape index (κ2) is 10.0. The molecule has 2 aliphatic rings. The van der Waals surface area contributed by atoms with E-state index in [1.165, 1.54) is 0 Å². The van der Waals surface area contributed by atoms with Crippen LogP contribution in [0.25, 0.3) is 0 Å². The van der Waals surface area contributed by atoms with Gasteiger partial charge in [-0.2, -0.15) is 0 Å². The molecule has 2 fully saturated rings. The van der Waals surface area contributed by atoms with Crippen LogP contribution >= 0.6 is 0 Å². The SMILES string of the molecule is Cc1cc(N2CCN(C(=O)c3cnc(NCCC(C)C)c(C4CC4)n3)C(C)(C)C2)nc(C)c1C(=O)O. The van der Waals surface area contributed by atoms with Crippen LogP contribution < -0.4 is 10.2 Å². The molecule has 9 nitrogen and oxygen atoms in total. The minimum atomic E-state index is -0.965. The van der Waals surface area contributed by atoms with E-state index in [-0.39, 0.29) is 11.5 Å². The zero-order chi connectivity index (χ0) is 26.2. The van der Waals surface area contributed by atoms with Crippen LogP contribution in [-0.4, -0.2) is 68.6 Å². The number of piperazine rings is 1. The lowest BCUT2D eigenvalue weighted by Gasteiger charge is -2.47. The van der Waals surface area contributed by atoms with Crippen LogP contribution in [0, 0.1) is 19.8 Å². The zero-order valence-corrected chi connectivity index (χ0v) is 22.3. The topological polar surface area (TPSA) is 112 Å². The van der Waals surface area contributed by atoms with Crippen molar-refractivity contribution in [3.8, 4) is 0 Å². The van der Waals surface area contributed by atoms with E-state index < -0.39 is 11.5 Å². The average molecular weight is 495 g/mol. The van der Waals surface area contributed by atoms with Gasteiger partial charge in [-0.3, -0.25) is 4.79 Å². The van der Waals surface area contributed by atoms with Crippen LogP contribution in [0.5, 0.6) is 0 Å². The molecule has 194 valence electrons. The van der Waals surface area contributed by atoms with E-state index in [0.29, 0.717) is 48.4 Å². The molecule has 1 aliphatic carbocycles. The Balaban J connectivity index is 1.51. The third-order valence-electron chi connectivity index (χ3n) is 7.07. The second-order valence-electron chi connectivity index (χ2n) is 11.1. The summed E-state index contributed by atoms with van der Waals surface area (Å²) < 4.78 is 0. The van der Waals surface area contributed by atoms with E-state index in [2.05, 4.69) is 34.0 Å². The van der Waals surface area contributed by atoms with Crippen molar-refractivity contribution in [1.82, 2.24) is 19.9 Å². The minimum absolute atomic E-state index is 0.107. The number of hydrogen-bond acceptors (Lipinski definition) is 7. The smallest absolute Gasteiger partial charge is 0.337 e. The van der Waals surface area contributed by atoms with E-state index in [9.17, 15) is 14.7 Å². The third kappa shape index (κ3) is 5.44. The Kier molecular flexibility index (Phi) is 7.20. The van der Waals surface area contributed by atoms with Gasteiger partial charge in [-0.25, -0.2) is 19.7 Å². The fourth-order valence-electron chi connectivity index (χ4n) is 4.93. The molecule has 0 aromatic carbocycles. The molecular formula is C27H38N6O3. The molecule has 36 heavy (non-hydrogen) atoms. The Morgan fingerprint density at radius 3 is 2.50 bits per heavy atom. The number of pyridine rings is 1. The van der Waals surface area contributed by atoms with Crippen LogP contribution in [-0.2, 0) is 0 Å². The summed E-state index contributed by atoms with van der Waals surface area (Å²) in [4.78, 5) is 43.1. The molecular weight excluding hydrogens is 456 g/mol. The highest BCUT2D eigenvalue weighted by Gasteiger charge is 2.39. The molecule has 1 aliphatic heterocycles. The van der Waals surface area contributed by atoms with Crippen molar-refractivity contribution in [3.05, 3.63) is 40.5 Å². The molecule has 1 saturated heterocycles. The van der Waals surface area contributed by atoms with Crippen molar-refractivity contribution in [2.24, 2.45) is 5.92 Å². The lowest BCUT2D eigenvalue weighted by Crippen LogP contribution is -2.61. The van der Waals surface area contributed by atoms with Gasteiger partial charge in [0.15, 0.2) is 0 Å². The first-order valence-electron chi connectivity index (χ1n) is 12.9. The molecule has 3 heterocycles.